The van der Waals surface area contributed by atoms with E-state index in [0.29, 0.717) is 6.42 Å². The second-order valence-electron chi connectivity index (χ2n) is 5.56. The Morgan fingerprint density at radius 1 is 1.16 bits per heavy atom. The zero-order chi connectivity index (χ0) is 17.8. The number of aromatic nitrogens is 3. The number of hydrogen-bond acceptors (Lipinski definition) is 4. The fourth-order valence-electron chi connectivity index (χ4n) is 2.46. The lowest BCUT2D eigenvalue weighted by atomic mass is 10.1. The van der Waals surface area contributed by atoms with E-state index in [-0.39, 0.29) is 17.8 Å². The van der Waals surface area contributed by atoms with Crippen LogP contribution in [0.5, 0.6) is 0 Å². The molecule has 8 heteroatoms. The Labute approximate surface area is 142 Å². The summed E-state index contributed by atoms with van der Waals surface area (Å²) >= 11 is 0. The number of aliphatic hydroxyl groups is 1. The number of amides is 1. The van der Waals surface area contributed by atoms with Crippen LogP contribution < -0.4 is 5.32 Å². The number of fused-ring (bicyclic) bond motifs is 1. The van der Waals surface area contributed by atoms with Gasteiger partial charge in [-0.05, 0) is 17.7 Å². The van der Waals surface area contributed by atoms with Gasteiger partial charge in [-0.15, -0.1) is 10.2 Å². The minimum absolute atomic E-state index is 0.0512. The standard InChI is InChI=1S/C17H16F2N4O2/c18-15(19)16-22-21-14-7-6-12(10-23(14)16)17(25)20-9-13(24)8-11-4-2-1-3-5-11/h1-7,10,13,15,24H,8-9H2,(H,20,25). The molecule has 3 aromatic rings. The highest BCUT2D eigenvalue weighted by Gasteiger charge is 2.17. The van der Waals surface area contributed by atoms with Gasteiger partial charge < -0.3 is 10.4 Å². The molecule has 0 fully saturated rings. The summed E-state index contributed by atoms with van der Waals surface area (Å²) in [4.78, 5) is 12.2. The van der Waals surface area contributed by atoms with E-state index in [1.807, 2.05) is 30.3 Å². The fourth-order valence-corrected chi connectivity index (χ4v) is 2.46. The monoisotopic (exact) mass is 346 g/mol. The lowest BCUT2D eigenvalue weighted by Gasteiger charge is -2.12. The first-order valence-corrected chi connectivity index (χ1v) is 7.67. The smallest absolute Gasteiger partial charge is 0.297 e. The molecule has 0 radical (unpaired) electrons. The van der Waals surface area contributed by atoms with Crippen LogP contribution in [-0.4, -0.2) is 38.3 Å². The van der Waals surface area contributed by atoms with Crippen molar-refractivity contribution >= 4 is 11.6 Å². The predicted molar refractivity (Wildman–Crippen MR) is 86.4 cm³/mol. The Bertz CT molecular complexity index is 867. The van der Waals surface area contributed by atoms with Crippen LogP contribution in [0.4, 0.5) is 8.78 Å². The van der Waals surface area contributed by atoms with Crippen molar-refractivity contribution in [3.63, 3.8) is 0 Å². The van der Waals surface area contributed by atoms with Crippen molar-refractivity contribution in [3.05, 3.63) is 65.6 Å². The van der Waals surface area contributed by atoms with Crippen LogP contribution in [0.3, 0.4) is 0 Å². The molecule has 0 saturated carbocycles. The van der Waals surface area contributed by atoms with E-state index < -0.39 is 24.3 Å². The summed E-state index contributed by atoms with van der Waals surface area (Å²) in [5.41, 5.74) is 1.37. The minimum atomic E-state index is -2.79. The number of nitrogens with zero attached hydrogens (tertiary/aromatic N) is 3. The van der Waals surface area contributed by atoms with E-state index in [0.717, 1.165) is 9.96 Å². The number of hydrogen-bond donors (Lipinski definition) is 2. The molecule has 0 spiro atoms. The molecule has 1 atom stereocenters. The Hall–Kier alpha value is -2.87. The zero-order valence-corrected chi connectivity index (χ0v) is 13.1. The highest BCUT2D eigenvalue weighted by molar-refractivity contribution is 5.94. The molecular weight excluding hydrogens is 330 g/mol. The predicted octanol–water partition coefficient (Wildman–Crippen LogP) is 2.00. The number of carbonyl (C=O) groups excluding carboxylic acids is 1. The van der Waals surface area contributed by atoms with E-state index in [1.54, 1.807) is 0 Å². The van der Waals surface area contributed by atoms with Crippen LogP contribution in [0, 0.1) is 0 Å². The first-order chi connectivity index (χ1) is 12.0. The van der Waals surface area contributed by atoms with Gasteiger partial charge in [-0.2, -0.15) is 0 Å². The van der Waals surface area contributed by atoms with E-state index in [2.05, 4.69) is 15.5 Å². The Morgan fingerprint density at radius 2 is 1.92 bits per heavy atom. The van der Waals surface area contributed by atoms with Gasteiger partial charge in [-0.25, -0.2) is 8.78 Å². The molecule has 0 saturated heterocycles. The number of benzene rings is 1. The maximum atomic E-state index is 12.9. The molecule has 3 rings (SSSR count). The summed E-state index contributed by atoms with van der Waals surface area (Å²) in [6.07, 6.45) is -1.88. The second-order valence-corrected chi connectivity index (χ2v) is 5.56. The highest BCUT2D eigenvalue weighted by Crippen LogP contribution is 2.18. The second kappa shape index (κ2) is 7.35. The number of rotatable bonds is 6. The van der Waals surface area contributed by atoms with Gasteiger partial charge in [-0.3, -0.25) is 9.20 Å². The van der Waals surface area contributed by atoms with E-state index in [9.17, 15) is 18.7 Å². The number of aliphatic hydroxyl groups excluding tert-OH is 1. The summed E-state index contributed by atoms with van der Waals surface area (Å²) in [6.45, 7) is 0.0512. The molecule has 6 nitrogen and oxygen atoms in total. The van der Waals surface area contributed by atoms with Crippen molar-refractivity contribution in [2.24, 2.45) is 0 Å². The molecule has 1 aromatic carbocycles. The molecule has 2 aromatic heterocycles. The van der Waals surface area contributed by atoms with Crippen molar-refractivity contribution in [3.8, 4) is 0 Å². The molecule has 0 bridgehead atoms. The first-order valence-electron chi connectivity index (χ1n) is 7.67. The van der Waals surface area contributed by atoms with Gasteiger partial charge in [0.05, 0.1) is 11.7 Å². The van der Waals surface area contributed by atoms with E-state index >= 15 is 0 Å². The molecule has 1 amide bonds. The fraction of sp³-hybridized carbons (Fsp3) is 0.235. The highest BCUT2D eigenvalue weighted by atomic mass is 19.3. The Kier molecular flexibility index (Phi) is 4.99. The summed E-state index contributed by atoms with van der Waals surface area (Å²) in [7, 11) is 0. The third kappa shape index (κ3) is 3.97. The van der Waals surface area contributed by atoms with Gasteiger partial charge in [0.2, 0.25) is 5.82 Å². The third-order valence-corrected chi connectivity index (χ3v) is 3.70. The Morgan fingerprint density at radius 3 is 2.64 bits per heavy atom. The van der Waals surface area contributed by atoms with Crippen molar-refractivity contribution < 1.29 is 18.7 Å². The average molecular weight is 346 g/mol. The molecule has 0 aliphatic heterocycles. The van der Waals surface area contributed by atoms with Crippen LogP contribution in [-0.2, 0) is 6.42 Å². The number of alkyl halides is 2. The maximum Gasteiger partial charge on any atom is 0.297 e. The number of nitrogens with one attached hydrogen (secondary N) is 1. The lowest BCUT2D eigenvalue weighted by Crippen LogP contribution is -2.33. The third-order valence-electron chi connectivity index (χ3n) is 3.70. The lowest BCUT2D eigenvalue weighted by molar-refractivity contribution is 0.0915. The van der Waals surface area contributed by atoms with Crippen molar-refractivity contribution in [1.82, 2.24) is 19.9 Å². The summed E-state index contributed by atoms with van der Waals surface area (Å²) in [5, 5.41) is 19.6. The quantitative estimate of drug-likeness (QED) is 0.715. The minimum Gasteiger partial charge on any atom is -0.391 e. The van der Waals surface area contributed by atoms with Gasteiger partial charge in [0.1, 0.15) is 0 Å². The average Bonchev–Trinajstić information content (AvgIpc) is 3.04. The molecule has 2 N–H and O–H groups in total. The van der Waals surface area contributed by atoms with Crippen molar-refractivity contribution in [2.45, 2.75) is 19.0 Å². The van der Waals surface area contributed by atoms with Gasteiger partial charge in [-0.1, -0.05) is 30.3 Å². The number of carbonyl (C=O) groups is 1. The van der Waals surface area contributed by atoms with Crippen LogP contribution in [0.1, 0.15) is 28.2 Å². The SMILES string of the molecule is O=C(NCC(O)Cc1ccccc1)c1ccc2nnc(C(F)F)n2c1. The van der Waals surface area contributed by atoms with Gasteiger partial charge in [0.25, 0.3) is 12.3 Å². The molecule has 25 heavy (non-hydrogen) atoms. The summed E-state index contributed by atoms with van der Waals surface area (Å²) < 4.78 is 26.8. The van der Waals surface area contributed by atoms with Gasteiger partial charge in [0, 0.05) is 19.2 Å². The first kappa shape index (κ1) is 17.0. The van der Waals surface area contributed by atoms with Crippen LogP contribution in [0.25, 0.3) is 5.65 Å². The van der Waals surface area contributed by atoms with Crippen molar-refractivity contribution in [2.75, 3.05) is 6.54 Å². The zero-order valence-electron chi connectivity index (χ0n) is 13.1. The molecule has 1 unspecified atom stereocenters. The van der Waals surface area contributed by atoms with E-state index in [1.165, 1.54) is 18.3 Å². The molecular formula is C17H16F2N4O2. The maximum absolute atomic E-state index is 12.9. The van der Waals surface area contributed by atoms with Gasteiger partial charge in [0.15, 0.2) is 5.65 Å². The Balaban J connectivity index is 1.65. The topological polar surface area (TPSA) is 79.5 Å². The summed E-state index contributed by atoms with van der Waals surface area (Å²) in [5.74, 6) is -0.989. The van der Waals surface area contributed by atoms with E-state index in [4.69, 9.17) is 0 Å². The number of pyridine rings is 1. The van der Waals surface area contributed by atoms with Gasteiger partial charge >= 0.3 is 0 Å². The normalized spacial score (nSPS) is 12.5. The number of halogens is 2. The molecule has 0 aliphatic rings. The molecule has 0 aliphatic carbocycles. The molecule has 2 heterocycles. The van der Waals surface area contributed by atoms with Crippen LogP contribution >= 0.6 is 0 Å². The van der Waals surface area contributed by atoms with Crippen molar-refractivity contribution in [1.29, 1.82) is 0 Å². The van der Waals surface area contributed by atoms with Crippen LogP contribution in [0.15, 0.2) is 48.7 Å². The molecule has 130 valence electrons. The van der Waals surface area contributed by atoms with Crippen LogP contribution in [0.2, 0.25) is 0 Å². The largest absolute Gasteiger partial charge is 0.391 e. The summed E-state index contributed by atoms with van der Waals surface area (Å²) in [6, 6.07) is 12.3.